The highest BCUT2D eigenvalue weighted by Gasteiger charge is 2.19. The lowest BCUT2D eigenvalue weighted by Gasteiger charge is -2.17. The molecule has 0 saturated carbocycles. The van der Waals surface area contributed by atoms with Crippen LogP contribution in [0.5, 0.6) is 0 Å². The average molecular weight is 316 g/mol. The molecule has 3 nitrogen and oxygen atoms in total. The Morgan fingerprint density at radius 3 is 2.86 bits per heavy atom. The molecule has 0 fully saturated rings. The zero-order chi connectivity index (χ0) is 15.7. The third-order valence-corrected chi connectivity index (χ3v) is 4.65. The van der Waals surface area contributed by atoms with Crippen LogP contribution < -0.4 is 0 Å². The largest absolute Gasteiger partial charge is 0.341 e. The molecule has 3 aromatic rings. The van der Waals surface area contributed by atoms with Gasteiger partial charge in [0.25, 0.3) is 5.91 Å². The molecule has 1 amide bonds. The molecular formula is C17H17FN2OS. The van der Waals surface area contributed by atoms with Gasteiger partial charge in [0.15, 0.2) is 0 Å². The lowest BCUT2D eigenvalue weighted by molar-refractivity contribution is 0.0793. The number of halogens is 1. The summed E-state index contributed by atoms with van der Waals surface area (Å²) >= 11 is 1.61. The Hall–Kier alpha value is -2.14. The number of hydrogen-bond acceptors (Lipinski definition) is 2. The van der Waals surface area contributed by atoms with Crippen molar-refractivity contribution < 1.29 is 9.18 Å². The summed E-state index contributed by atoms with van der Waals surface area (Å²) in [5, 5.41) is 2.00. The van der Waals surface area contributed by atoms with Gasteiger partial charge in [-0.25, -0.2) is 4.39 Å². The van der Waals surface area contributed by atoms with E-state index in [4.69, 9.17) is 0 Å². The highest BCUT2D eigenvalue weighted by Crippen LogP contribution is 2.27. The highest BCUT2D eigenvalue weighted by atomic mass is 32.1. The molecule has 0 unspecified atom stereocenters. The standard InChI is InChI=1S/C17H17FN2OS/c1-3-19(2)17(21)15-10-16-14(7-8-22-16)20(15)11-12-5-4-6-13(18)9-12/h4-10H,3,11H2,1-2H3. The molecule has 0 saturated heterocycles. The maximum Gasteiger partial charge on any atom is 0.270 e. The molecule has 3 rings (SSSR count). The van der Waals surface area contributed by atoms with Gasteiger partial charge in [-0.15, -0.1) is 11.3 Å². The Morgan fingerprint density at radius 2 is 2.14 bits per heavy atom. The minimum absolute atomic E-state index is 0.0118. The molecular weight excluding hydrogens is 299 g/mol. The van der Waals surface area contributed by atoms with Crippen molar-refractivity contribution in [2.45, 2.75) is 13.5 Å². The predicted octanol–water partition coefficient (Wildman–Crippen LogP) is 3.98. The van der Waals surface area contributed by atoms with E-state index in [0.717, 1.165) is 15.8 Å². The number of carbonyl (C=O) groups excluding carboxylic acids is 1. The summed E-state index contributed by atoms with van der Waals surface area (Å²) < 4.78 is 16.5. The summed E-state index contributed by atoms with van der Waals surface area (Å²) in [6.07, 6.45) is 0. The third kappa shape index (κ3) is 2.64. The first-order valence-electron chi connectivity index (χ1n) is 7.16. The fourth-order valence-electron chi connectivity index (χ4n) is 2.48. The van der Waals surface area contributed by atoms with Crippen molar-refractivity contribution >= 4 is 27.5 Å². The fourth-order valence-corrected chi connectivity index (χ4v) is 3.30. The van der Waals surface area contributed by atoms with Crippen molar-refractivity contribution in [2.24, 2.45) is 0 Å². The van der Waals surface area contributed by atoms with Crippen LogP contribution in [0.25, 0.3) is 10.2 Å². The van der Waals surface area contributed by atoms with Crippen molar-refractivity contribution in [3.8, 4) is 0 Å². The van der Waals surface area contributed by atoms with E-state index in [0.29, 0.717) is 18.8 Å². The molecule has 0 bridgehead atoms. The molecule has 22 heavy (non-hydrogen) atoms. The van der Waals surface area contributed by atoms with E-state index in [-0.39, 0.29) is 11.7 Å². The van der Waals surface area contributed by atoms with Crippen LogP contribution in [0.4, 0.5) is 4.39 Å². The van der Waals surface area contributed by atoms with Gasteiger partial charge in [-0.1, -0.05) is 12.1 Å². The van der Waals surface area contributed by atoms with Gasteiger partial charge in [-0.2, -0.15) is 0 Å². The van der Waals surface area contributed by atoms with Gasteiger partial charge in [0, 0.05) is 20.1 Å². The molecule has 1 aromatic carbocycles. The van der Waals surface area contributed by atoms with Gasteiger partial charge in [0.1, 0.15) is 11.5 Å². The van der Waals surface area contributed by atoms with Crippen LogP contribution in [0.2, 0.25) is 0 Å². The van der Waals surface area contributed by atoms with Crippen LogP contribution in [0, 0.1) is 5.82 Å². The van der Waals surface area contributed by atoms with Gasteiger partial charge >= 0.3 is 0 Å². The number of amides is 1. The SMILES string of the molecule is CCN(C)C(=O)c1cc2sccc2n1Cc1cccc(F)c1. The number of nitrogens with zero attached hydrogens (tertiary/aromatic N) is 2. The number of hydrogen-bond donors (Lipinski definition) is 0. The number of rotatable bonds is 4. The summed E-state index contributed by atoms with van der Waals surface area (Å²) in [5.41, 5.74) is 2.51. The zero-order valence-corrected chi connectivity index (χ0v) is 13.4. The lowest BCUT2D eigenvalue weighted by Crippen LogP contribution is -2.28. The van der Waals surface area contributed by atoms with Crippen LogP contribution in [-0.4, -0.2) is 29.0 Å². The molecule has 0 radical (unpaired) electrons. The Labute approximate surface area is 132 Å². The van der Waals surface area contributed by atoms with Crippen molar-refractivity contribution in [1.82, 2.24) is 9.47 Å². The number of thiophene rings is 1. The predicted molar refractivity (Wildman–Crippen MR) is 88.0 cm³/mol. The molecule has 0 aliphatic carbocycles. The Bertz CT molecular complexity index is 821. The number of carbonyl (C=O) groups is 1. The number of benzene rings is 1. The van der Waals surface area contributed by atoms with Gasteiger partial charge in [0.2, 0.25) is 0 Å². The molecule has 0 N–H and O–H groups in total. The monoisotopic (exact) mass is 316 g/mol. The van der Waals surface area contributed by atoms with Gasteiger partial charge in [-0.3, -0.25) is 4.79 Å². The van der Waals surface area contributed by atoms with E-state index in [2.05, 4.69) is 0 Å². The minimum atomic E-state index is -0.259. The van der Waals surface area contributed by atoms with Crippen LogP contribution in [0.15, 0.2) is 41.8 Å². The van der Waals surface area contributed by atoms with E-state index in [1.54, 1.807) is 29.4 Å². The lowest BCUT2D eigenvalue weighted by atomic mass is 10.2. The molecule has 0 spiro atoms. The Balaban J connectivity index is 2.06. The van der Waals surface area contributed by atoms with Crippen molar-refractivity contribution in [1.29, 1.82) is 0 Å². The second kappa shape index (κ2) is 5.93. The zero-order valence-electron chi connectivity index (χ0n) is 12.5. The second-order valence-electron chi connectivity index (χ2n) is 5.24. The van der Waals surface area contributed by atoms with Crippen molar-refractivity contribution in [3.63, 3.8) is 0 Å². The molecule has 0 atom stereocenters. The van der Waals surface area contributed by atoms with E-state index in [1.807, 2.05) is 35.1 Å². The fraction of sp³-hybridized carbons (Fsp3) is 0.235. The van der Waals surface area contributed by atoms with Crippen molar-refractivity contribution in [2.75, 3.05) is 13.6 Å². The Morgan fingerprint density at radius 1 is 1.32 bits per heavy atom. The van der Waals surface area contributed by atoms with Gasteiger partial charge < -0.3 is 9.47 Å². The average Bonchev–Trinajstić information content (AvgIpc) is 3.08. The first-order chi connectivity index (χ1) is 10.6. The molecule has 2 aromatic heterocycles. The van der Waals surface area contributed by atoms with E-state index >= 15 is 0 Å². The van der Waals surface area contributed by atoms with Crippen LogP contribution in [-0.2, 0) is 6.54 Å². The van der Waals surface area contributed by atoms with E-state index in [9.17, 15) is 9.18 Å². The van der Waals surface area contributed by atoms with Gasteiger partial charge in [-0.05, 0) is 42.1 Å². The van der Waals surface area contributed by atoms with Gasteiger partial charge in [0.05, 0.1) is 10.2 Å². The van der Waals surface area contributed by atoms with E-state index < -0.39 is 0 Å². The minimum Gasteiger partial charge on any atom is -0.341 e. The number of aromatic nitrogens is 1. The maximum absolute atomic E-state index is 13.4. The molecule has 114 valence electrons. The second-order valence-corrected chi connectivity index (χ2v) is 6.18. The van der Waals surface area contributed by atoms with Crippen LogP contribution in [0.1, 0.15) is 23.0 Å². The molecule has 0 aliphatic rings. The molecule has 5 heteroatoms. The summed E-state index contributed by atoms with van der Waals surface area (Å²) in [5.74, 6) is -0.271. The summed E-state index contributed by atoms with van der Waals surface area (Å²) in [7, 11) is 1.79. The normalized spacial score (nSPS) is 11.0. The topological polar surface area (TPSA) is 25.2 Å². The molecule has 2 heterocycles. The maximum atomic E-state index is 13.4. The third-order valence-electron chi connectivity index (χ3n) is 3.79. The summed E-state index contributed by atoms with van der Waals surface area (Å²) in [6, 6.07) is 10.4. The first kappa shape index (κ1) is 14.8. The Kier molecular flexibility index (Phi) is 3.98. The smallest absolute Gasteiger partial charge is 0.270 e. The van der Waals surface area contributed by atoms with E-state index in [1.165, 1.54) is 12.1 Å². The molecule has 0 aliphatic heterocycles. The van der Waals surface area contributed by atoms with Crippen LogP contribution >= 0.6 is 11.3 Å². The van der Waals surface area contributed by atoms with Crippen molar-refractivity contribution in [3.05, 3.63) is 58.9 Å². The summed E-state index contributed by atoms with van der Waals surface area (Å²) in [6.45, 7) is 3.08. The van der Waals surface area contributed by atoms with Crippen LogP contribution in [0.3, 0.4) is 0 Å². The quantitative estimate of drug-likeness (QED) is 0.714. The number of fused-ring (bicyclic) bond motifs is 1. The highest BCUT2D eigenvalue weighted by molar-refractivity contribution is 7.17. The summed E-state index contributed by atoms with van der Waals surface area (Å²) in [4.78, 5) is 14.2. The first-order valence-corrected chi connectivity index (χ1v) is 8.04.